The summed E-state index contributed by atoms with van der Waals surface area (Å²) in [5.74, 6) is -0.628. The number of aromatic amines is 1. The minimum atomic E-state index is -0.755. The summed E-state index contributed by atoms with van der Waals surface area (Å²) in [5, 5.41) is 0.00118. The van der Waals surface area contributed by atoms with Crippen molar-refractivity contribution < 1.29 is 4.39 Å². The first-order valence-electron chi connectivity index (χ1n) is 5.76. The molecule has 0 amide bonds. The molecule has 0 unspecified atom stereocenters. The summed E-state index contributed by atoms with van der Waals surface area (Å²) in [4.78, 5) is 26.3. The fourth-order valence-corrected chi connectivity index (χ4v) is 2.16. The van der Waals surface area contributed by atoms with E-state index in [9.17, 15) is 14.0 Å². The van der Waals surface area contributed by atoms with Crippen molar-refractivity contribution in [2.45, 2.75) is 20.3 Å². The van der Waals surface area contributed by atoms with Crippen molar-refractivity contribution in [3.05, 3.63) is 61.1 Å². The van der Waals surface area contributed by atoms with Crippen LogP contribution in [0.5, 0.6) is 0 Å². The van der Waals surface area contributed by atoms with E-state index in [0.29, 0.717) is 12.0 Å². The van der Waals surface area contributed by atoms with E-state index in [0.717, 1.165) is 4.57 Å². The Kier molecular flexibility index (Phi) is 3.57. The van der Waals surface area contributed by atoms with Gasteiger partial charge in [0, 0.05) is 0 Å². The molecule has 0 spiro atoms. The lowest BCUT2D eigenvalue weighted by molar-refractivity contribution is 0.610. The van der Waals surface area contributed by atoms with Crippen LogP contribution in [0, 0.1) is 12.7 Å². The number of halogens is 2. The van der Waals surface area contributed by atoms with Crippen molar-refractivity contribution in [3.63, 3.8) is 0 Å². The van der Waals surface area contributed by atoms with Gasteiger partial charge in [0.15, 0.2) is 0 Å². The second-order valence-electron chi connectivity index (χ2n) is 4.17. The lowest BCUT2D eigenvalue weighted by Gasteiger charge is -2.09. The summed E-state index contributed by atoms with van der Waals surface area (Å²) < 4.78 is 14.7. The number of hydrogen-bond donors (Lipinski definition) is 1. The highest BCUT2D eigenvalue weighted by Gasteiger charge is 2.15. The van der Waals surface area contributed by atoms with Gasteiger partial charge in [-0.1, -0.05) is 24.6 Å². The Labute approximate surface area is 113 Å². The minimum Gasteiger partial charge on any atom is -0.297 e. The molecule has 0 saturated carbocycles. The van der Waals surface area contributed by atoms with Crippen molar-refractivity contribution >= 4 is 11.6 Å². The molecule has 19 heavy (non-hydrogen) atoms. The van der Waals surface area contributed by atoms with E-state index in [4.69, 9.17) is 11.6 Å². The Hall–Kier alpha value is -1.88. The van der Waals surface area contributed by atoms with Crippen LogP contribution in [-0.4, -0.2) is 9.55 Å². The van der Waals surface area contributed by atoms with Gasteiger partial charge in [0.05, 0.1) is 11.3 Å². The van der Waals surface area contributed by atoms with Crippen molar-refractivity contribution in [1.82, 2.24) is 9.55 Å². The number of benzene rings is 1. The smallest absolute Gasteiger partial charge is 0.297 e. The van der Waals surface area contributed by atoms with E-state index in [1.54, 1.807) is 19.9 Å². The molecule has 0 atom stereocenters. The van der Waals surface area contributed by atoms with Gasteiger partial charge in [0.2, 0.25) is 0 Å². The van der Waals surface area contributed by atoms with Crippen LogP contribution in [0.1, 0.15) is 18.1 Å². The standard InChI is InChI=1S/C13H12ClFN2O2/c1-3-8-11(14)16-13(19)17(12(8)18)10-5-4-7(2)6-9(10)15/h4-6H,3H2,1-2H3,(H,16,19). The summed E-state index contributed by atoms with van der Waals surface area (Å²) in [7, 11) is 0. The lowest BCUT2D eigenvalue weighted by atomic mass is 10.2. The third-order valence-corrected chi connectivity index (χ3v) is 3.17. The first-order chi connectivity index (χ1) is 8.95. The second-order valence-corrected chi connectivity index (χ2v) is 4.55. The Morgan fingerprint density at radius 3 is 2.63 bits per heavy atom. The van der Waals surface area contributed by atoms with Crippen LogP contribution in [0.4, 0.5) is 4.39 Å². The predicted octanol–water partition coefficient (Wildman–Crippen LogP) is 2.19. The number of hydrogen-bond acceptors (Lipinski definition) is 2. The summed E-state index contributed by atoms with van der Waals surface area (Å²) in [6, 6.07) is 4.29. The van der Waals surface area contributed by atoms with E-state index >= 15 is 0 Å². The van der Waals surface area contributed by atoms with Crippen molar-refractivity contribution in [3.8, 4) is 5.69 Å². The summed E-state index contributed by atoms with van der Waals surface area (Å²) in [5.41, 5.74) is -0.478. The SMILES string of the molecule is CCc1c(Cl)[nH]c(=O)n(-c2ccc(C)cc2F)c1=O. The van der Waals surface area contributed by atoms with E-state index in [1.165, 1.54) is 12.1 Å². The maximum atomic E-state index is 13.9. The summed E-state index contributed by atoms with van der Waals surface area (Å²) >= 11 is 5.80. The number of nitrogens with zero attached hydrogens (tertiary/aromatic N) is 1. The minimum absolute atomic E-state index is 0.00118. The molecule has 0 aliphatic heterocycles. The number of rotatable bonds is 2. The molecule has 2 rings (SSSR count). The summed E-state index contributed by atoms with van der Waals surface area (Å²) in [6.07, 6.45) is 0.349. The lowest BCUT2D eigenvalue weighted by Crippen LogP contribution is -2.36. The largest absolute Gasteiger partial charge is 0.334 e. The van der Waals surface area contributed by atoms with Gasteiger partial charge in [-0.25, -0.2) is 13.8 Å². The molecule has 0 aliphatic carbocycles. The molecular formula is C13H12ClFN2O2. The average Bonchev–Trinajstić information content (AvgIpc) is 2.31. The molecule has 0 bridgehead atoms. The van der Waals surface area contributed by atoms with Crippen LogP contribution < -0.4 is 11.2 Å². The van der Waals surface area contributed by atoms with Gasteiger partial charge in [-0.2, -0.15) is 0 Å². The van der Waals surface area contributed by atoms with Crippen LogP contribution in [-0.2, 0) is 6.42 Å². The van der Waals surface area contributed by atoms with E-state index in [1.807, 2.05) is 0 Å². The molecule has 1 aromatic heterocycles. The Morgan fingerprint density at radius 1 is 1.37 bits per heavy atom. The van der Waals surface area contributed by atoms with Crippen molar-refractivity contribution in [2.75, 3.05) is 0 Å². The van der Waals surface area contributed by atoms with E-state index < -0.39 is 17.1 Å². The molecule has 0 saturated heterocycles. The monoisotopic (exact) mass is 282 g/mol. The highest BCUT2D eigenvalue weighted by atomic mass is 35.5. The fourth-order valence-electron chi connectivity index (χ4n) is 1.86. The fraction of sp³-hybridized carbons (Fsp3) is 0.231. The number of aryl methyl sites for hydroxylation is 1. The molecule has 1 N–H and O–H groups in total. The molecule has 1 aromatic carbocycles. The van der Waals surface area contributed by atoms with Crippen LogP contribution in [0.15, 0.2) is 27.8 Å². The quantitative estimate of drug-likeness (QED) is 0.859. The molecular weight excluding hydrogens is 271 g/mol. The first-order valence-corrected chi connectivity index (χ1v) is 6.13. The van der Waals surface area contributed by atoms with Gasteiger partial charge in [-0.15, -0.1) is 0 Å². The normalized spacial score (nSPS) is 10.7. The highest BCUT2D eigenvalue weighted by Crippen LogP contribution is 2.13. The van der Waals surface area contributed by atoms with E-state index in [2.05, 4.69) is 4.98 Å². The Bertz CT molecular complexity index is 749. The van der Waals surface area contributed by atoms with Gasteiger partial charge in [0.1, 0.15) is 11.0 Å². The second kappa shape index (κ2) is 5.01. The van der Waals surface area contributed by atoms with Gasteiger partial charge in [-0.05, 0) is 31.0 Å². The highest BCUT2D eigenvalue weighted by molar-refractivity contribution is 6.30. The molecule has 100 valence electrons. The van der Waals surface area contributed by atoms with Crippen molar-refractivity contribution in [1.29, 1.82) is 0 Å². The van der Waals surface area contributed by atoms with Crippen LogP contribution >= 0.6 is 11.6 Å². The Morgan fingerprint density at radius 2 is 2.05 bits per heavy atom. The van der Waals surface area contributed by atoms with Crippen LogP contribution in [0.3, 0.4) is 0 Å². The van der Waals surface area contributed by atoms with Gasteiger partial charge in [0.25, 0.3) is 5.56 Å². The van der Waals surface area contributed by atoms with Crippen molar-refractivity contribution in [2.24, 2.45) is 0 Å². The molecule has 1 heterocycles. The van der Waals surface area contributed by atoms with Gasteiger partial charge >= 0.3 is 5.69 Å². The maximum absolute atomic E-state index is 13.9. The Balaban J connectivity index is 2.83. The van der Waals surface area contributed by atoms with E-state index in [-0.39, 0.29) is 16.4 Å². The maximum Gasteiger partial charge on any atom is 0.334 e. The molecule has 0 aliphatic rings. The number of H-pyrrole nitrogens is 1. The predicted molar refractivity (Wildman–Crippen MR) is 71.7 cm³/mol. The third kappa shape index (κ3) is 2.33. The molecule has 0 radical (unpaired) electrons. The van der Waals surface area contributed by atoms with Crippen LogP contribution in [0.25, 0.3) is 5.69 Å². The van der Waals surface area contributed by atoms with Gasteiger partial charge in [-0.3, -0.25) is 9.78 Å². The molecule has 4 nitrogen and oxygen atoms in total. The molecule has 6 heteroatoms. The summed E-state index contributed by atoms with van der Waals surface area (Å²) in [6.45, 7) is 3.45. The zero-order chi connectivity index (χ0) is 14.2. The average molecular weight is 283 g/mol. The molecule has 0 fully saturated rings. The topological polar surface area (TPSA) is 54.9 Å². The van der Waals surface area contributed by atoms with Gasteiger partial charge < -0.3 is 0 Å². The number of aromatic nitrogens is 2. The van der Waals surface area contributed by atoms with Crippen LogP contribution in [0.2, 0.25) is 5.15 Å². The molecule has 2 aromatic rings. The zero-order valence-electron chi connectivity index (χ0n) is 10.5. The first kappa shape index (κ1) is 13.5. The third-order valence-electron chi connectivity index (χ3n) is 2.84. The number of nitrogens with one attached hydrogen (secondary N) is 1. The zero-order valence-corrected chi connectivity index (χ0v) is 11.2.